The Morgan fingerprint density at radius 2 is 1.82 bits per heavy atom. The number of aldehydes is 1. The highest BCUT2D eigenvalue weighted by Crippen LogP contribution is 2.73. The summed E-state index contributed by atoms with van der Waals surface area (Å²) in [5.74, 6) is 0.124. The van der Waals surface area contributed by atoms with Gasteiger partial charge in [-0.25, -0.2) is 4.79 Å². The van der Waals surface area contributed by atoms with Crippen molar-refractivity contribution in [2.45, 2.75) is 90.8 Å². The van der Waals surface area contributed by atoms with Crippen molar-refractivity contribution in [3.63, 3.8) is 0 Å². The molecule has 0 unspecified atom stereocenters. The van der Waals surface area contributed by atoms with Gasteiger partial charge in [0.2, 0.25) is 5.60 Å². The fraction of sp³-hybridized carbons (Fsp3) is 0.741. The Labute approximate surface area is 203 Å². The maximum atomic E-state index is 14.7. The van der Waals surface area contributed by atoms with Gasteiger partial charge < -0.3 is 13.9 Å². The highest BCUT2D eigenvalue weighted by molar-refractivity contribution is 6.73. The van der Waals surface area contributed by atoms with Gasteiger partial charge in [0.05, 0.1) is 5.41 Å². The predicted molar refractivity (Wildman–Crippen MR) is 130 cm³/mol. The third-order valence-corrected chi connectivity index (χ3v) is 15.1. The molecule has 0 radical (unpaired) electrons. The Morgan fingerprint density at radius 3 is 2.41 bits per heavy atom. The van der Waals surface area contributed by atoms with Crippen LogP contribution in [0.3, 0.4) is 0 Å². The molecule has 0 aromatic rings. The monoisotopic (exact) mass is 486 g/mol. The Kier molecular flexibility index (Phi) is 5.21. The van der Waals surface area contributed by atoms with Crippen LogP contribution in [0.25, 0.3) is 0 Å². The molecular formula is C27H38O6Si. The van der Waals surface area contributed by atoms with Crippen LogP contribution in [0.2, 0.25) is 18.1 Å². The van der Waals surface area contributed by atoms with Crippen molar-refractivity contribution in [1.29, 1.82) is 0 Å². The van der Waals surface area contributed by atoms with Crippen LogP contribution in [-0.2, 0) is 23.5 Å². The minimum atomic E-state index is -2.27. The van der Waals surface area contributed by atoms with E-state index in [-0.39, 0.29) is 23.0 Å². The second-order valence-electron chi connectivity index (χ2n) is 11.9. The van der Waals surface area contributed by atoms with Crippen LogP contribution in [0.1, 0.15) is 54.9 Å². The van der Waals surface area contributed by atoms with Crippen LogP contribution in [0.15, 0.2) is 23.3 Å². The van der Waals surface area contributed by atoms with E-state index in [1.165, 1.54) is 0 Å². The number of allylic oxidation sites excluding steroid dienone is 1. The summed E-state index contributed by atoms with van der Waals surface area (Å²) >= 11 is 0. The molecule has 1 saturated heterocycles. The number of fused-ring (bicyclic) bond motifs is 3. The normalized spacial score (nSPS) is 43.9. The number of ether oxygens (including phenoxy) is 2. The maximum Gasteiger partial charge on any atom is 0.509 e. The highest BCUT2D eigenvalue weighted by Gasteiger charge is 2.80. The first-order valence-electron chi connectivity index (χ1n) is 13.0. The highest BCUT2D eigenvalue weighted by atomic mass is 28.4. The Bertz CT molecular complexity index is 1000. The molecular weight excluding hydrogens is 448 g/mol. The van der Waals surface area contributed by atoms with Crippen molar-refractivity contribution in [1.82, 2.24) is 0 Å². The second-order valence-corrected chi connectivity index (χ2v) is 16.6. The number of hydrogen-bond acceptors (Lipinski definition) is 6. The molecule has 34 heavy (non-hydrogen) atoms. The van der Waals surface area contributed by atoms with E-state index in [1.807, 2.05) is 19.1 Å². The van der Waals surface area contributed by atoms with Gasteiger partial charge in [-0.2, -0.15) is 0 Å². The molecule has 2 saturated carbocycles. The predicted octanol–water partition coefficient (Wildman–Crippen LogP) is 5.23. The van der Waals surface area contributed by atoms with Gasteiger partial charge in [-0.3, -0.25) is 9.59 Å². The third kappa shape index (κ3) is 2.63. The zero-order valence-corrected chi connectivity index (χ0v) is 22.5. The summed E-state index contributed by atoms with van der Waals surface area (Å²) in [7, 11) is -2.27. The van der Waals surface area contributed by atoms with Crippen molar-refractivity contribution in [3.8, 4) is 0 Å². The summed E-state index contributed by atoms with van der Waals surface area (Å²) in [4.78, 5) is 40.1. The molecule has 5 aliphatic rings. The number of Topliss-reactive ketones (excluding diaryl/α,β-unsaturated/α-hetero) is 1. The fourth-order valence-electron chi connectivity index (χ4n) is 8.31. The van der Waals surface area contributed by atoms with E-state index < -0.39 is 43.6 Å². The molecule has 2 spiro atoms. The summed E-state index contributed by atoms with van der Waals surface area (Å²) in [5, 5.41) is 0. The maximum absolute atomic E-state index is 14.7. The van der Waals surface area contributed by atoms with Crippen molar-refractivity contribution >= 4 is 26.5 Å². The van der Waals surface area contributed by atoms with E-state index in [2.05, 4.69) is 41.5 Å². The van der Waals surface area contributed by atoms with Gasteiger partial charge >= 0.3 is 6.16 Å². The molecule has 3 fully saturated rings. The molecule has 0 aromatic carbocycles. The molecule has 7 heteroatoms. The first-order valence-corrected chi connectivity index (χ1v) is 15.5. The summed E-state index contributed by atoms with van der Waals surface area (Å²) in [6.07, 6.45) is 3.27. The summed E-state index contributed by atoms with van der Waals surface area (Å²) in [6, 6.07) is 2.63. The number of hydrogen-bond donors (Lipinski definition) is 0. The zero-order chi connectivity index (χ0) is 24.8. The van der Waals surface area contributed by atoms with Crippen molar-refractivity contribution in [3.05, 3.63) is 23.3 Å². The topological polar surface area (TPSA) is 78.9 Å². The number of carbonyl (C=O) groups excluding carboxylic acids is 3. The molecule has 1 aliphatic heterocycles. The lowest BCUT2D eigenvalue weighted by Crippen LogP contribution is -2.66. The molecule has 6 nitrogen and oxygen atoms in total. The molecule has 5 rings (SSSR count). The van der Waals surface area contributed by atoms with Crippen molar-refractivity contribution in [2.24, 2.45) is 34.5 Å². The van der Waals surface area contributed by atoms with Crippen molar-refractivity contribution < 1.29 is 28.3 Å². The number of rotatable bonds is 6. The fourth-order valence-corrected chi connectivity index (χ4v) is 11.1. The van der Waals surface area contributed by atoms with Gasteiger partial charge in [0, 0.05) is 11.5 Å². The zero-order valence-electron chi connectivity index (χ0n) is 21.5. The number of carbonyl (C=O) groups is 3. The first kappa shape index (κ1) is 24.0. The summed E-state index contributed by atoms with van der Waals surface area (Å²) in [6.45, 7) is 14.9. The second kappa shape index (κ2) is 7.39. The Balaban J connectivity index is 1.80. The molecule has 1 heterocycles. The van der Waals surface area contributed by atoms with Crippen LogP contribution >= 0.6 is 0 Å². The van der Waals surface area contributed by atoms with E-state index in [0.29, 0.717) is 11.5 Å². The minimum absolute atomic E-state index is 0.0307. The Hall–Kier alpha value is -1.73. The molecule has 0 N–H and O–H groups in total. The minimum Gasteiger partial charge on any atom is -0.422 e. The van der Waals surface area contributed by atoms with Gasteiger partial charge in [0.1, 0.15) is 12.4 Å². The van der Waals surface area contributed by atoms with Crippen LogP contribution in [-0.4, -0.2) is 44.4 Å². The van der Waals surface area contributed by atoms with Gasteiger partial charge in [-0.05, 0) is 60.2 Å². The van der Waals surface area contributed by atoms with Crippen LogP contribution < -0.4 is 0 Å². The lowest BCUT2D eigenvalue weighted by atomic mass is 9.59. The van der Waals surface area contributed by atoms with Gasteiger partial charge in [0.25, 0.3) is 0 Å². The van der Waals surface area contributed by atoms with Gasteiger partial charge in [0.15, 0.2) is 20.2 Å². The lowest BCUT2D eigenvalue weighted by molar-refractivity contribution is -0.160. The lowest BCUT2D eigenvalue weighted by Gasteiger charge is -2.50. The van der Waals surface area contributed by atoms with E-state index in [1.54, 1.807) is 0 Å². The standard InChI is InChI=1S/C27H38O6Si/c1-8-34(9-2,10-3)33-23-17(14-28)12-18-20-19(25(20,6)7)11-16(5)26(21(18)29)13-15(4)22-27(23,26)32-24(30)31-22/h12-14,16,18-20,22-23H,8-11H2,1-7H3/t16-,18-,19-,20+,22+,23-,26+,27-/m1/s1. The summed E-state index contributed by atoms with van der Waals surface area (Å²) < 4.78 is 19.0. The molecule has 186 valence electrons. The average Bonchev–Trinajstić information content (AvgIpc) is 3.09. The van der Waals surface area contributed by atoms with Crippen molar-refractivity contribution in [2.75, 3.05) is 0 Å². The van der Waals surface area contributed by atoms with Crippen LogP contribution in [0, 0.1) is 34.5 Å². The Morgan fingerprint density at radius 1 is 1.18 bits per heavy atom. The molecule has 4 aliphatic carbocycles. The van der Waals surface area contributed by atoms with Gasteiger partial charge in [-0.15, -0.1) is 0 Å². The van der Waals surface area contributed by atoms with E-state index >= 15 is 0 Å². The molecule has 8 atom stereocenters. The largest absolute Gasteiger partial charge is 0.509 e. The van der Waals surface area contributed by atoms with Crippen LogP contribution in [0.5, 0.6) is 0 Å². The van der Waals surface area contributed by atoms with E-state index in [4.69, 9.17) is 13.9 Å². The first-order chi connectivity index (χ1) is 16.0. The molecule has 0 aromatic heterocycles. The molecule has 0 amide bonds. The molecule has 2 bridgehead atoms. The van der Waals surface area contributed by atoms with Crippen LogP contribution in [0.4, 0.5) is 4.79 Å². The average molecular weight is 487 g/mol. The smallest absolute Gasteiger partial charge is 0.422 e. The quantitative estimate of drug-likeness (QED) is 0.221. The number of ketones is 1. The SMILES string of the molecule is CC[Si](CC)(CC)O[C@@H]1C(C=O)=C[C@H]2C(=O)[C@]3(C=C(C)[C@@H]4OC(=O)O[C@@]143)[C@H](C)C[C@@H]1[C@H]2C1(C)C. The van der Waals surface area contributed by atoms with E-state index in [0.717, 1.165) is 36.4 Å². The van der Waals surface area contributed by atoms with Gasteiger partial charge in [-0.1, -0.05) is 53.7 Å². The third-order valence-electron chi connectivity index (χ3n) is 10.5. The summed E-state index contributed by atoms with van der Waals surface area (Å²) in [5.41, 5.74) is -1.18. The van der Waals surface area contributed by atoms with E-state index in [9.17, 15) is 14.4 Å².